The first-order chi connectivity index (χ1) is 13.7. The number of Topliss-reactive ketones (excluding diaryl/α,β-unsaturated/α-hetero) is 1. The molecule has 29 heavy (non-hydrogen) atoms. The van der Waals surface area contributed by atoms with Crippen molar-refractivity contribution in [1.82, 2.24) is 19.6 Å². The van der Waals surface area contributed by atoms with E-state index < -0.39 is 17.7 Å². The monoisotopic (exact) mass is 396 g/mol. The maximum absolute atomic E-state index is 13.0. The van der Waals surface area contributed by atoms with Gasteiger partial charge in [-0.1, -0.05) is 30.3 Å². The Labute approximate surface area is 171 Å². The number of carbonyl (C=O) groups is 2. The highest BCUT2D eigenvalue weighted by Crippen LogP contribution is 2.40. The summed E-state index contributed by atoms with van der Waals surface area (Å²) in [6.07, 6.45) is 0.730. The summed E-state index contributed by atoms with van der Waals surface area (Å²) < 4.78 is 1.66. The molecule has 1 aromatic heterocycles. The van der Waals surface area contributed by atoms with E-state index in [2.05, 4.69) is 5.10 Å². The van der Waals surface area contributed by atoms with Crippen LogP contribution in [0.1, 0.15) is 35.0 Å². The molecule has 1 aliphatic heterocycles. The van der Waals surface area contributed by atoms with Crippen LogP contribution >= 0.6 is 0 Å². The average Bonchev–Trinajstić information content (AvgIpc) is 3.08. The van der Waals surface area contributed by atoms with Crippen LogP contribution < -0.4 is 0 Å². The van der Waals surface area contributed by atoms with Crippen LogP contribution in [0.25, 0.3) is 5.76 Å². The van der Waals surface area contributed by atoms with Crippen molar-refractivity contribution >= 4 is 17.4 Å². The van der Waals surface area contributed by atoms with Crippen LogP contribution in [-0.4, -0.2) is 63.6 Å². The summed E-state index contributed by atoms with van der Waals surface area (Å²) in [5.74, 6) is -1.38. The smallest absolute Gasteiger partial charge is 0.295 e. The number of hydrogen-bond acceptors (Lipinski definition) is 5. The Hall–Kier alpha value is -2.93. The predicted molar refractivity (Wildman–Crippen MR) is 111 cm³/mol. The Balaban J connectivity index is 2.13. The predicted octanol–water partition coefficient (Wildman–Crippen LogP) is 2.41. The van der Waals surface area contributed by atoms with E-state index in [0.717, 1.165) is 24.2 Å². The number of hydrogen-bond donors (Lipinski definition) is 1. The Bertz CT molecular complexity index is 960. The van der Waals surface area contributed by atoms with E-state index in [1.807, 2.05) is 56.3 Å². The maximum Gasteiger partial charge on any atom is 0.295 e. The van der Waals surface area contributed by atoms with Crippen LogP contribution in [0, 0.1) is 13.8 Å². The molecule has 0 aliphatic carbocycles. The third kappa shape index (κ3) is 3.82. The van der Waals surface area contributed by atoms with Gasteiger partial charge in [0.1, 0.15) is 5.76 Å². The highest BCUT2D eigenvalue weighted by Gasteiger charge is 2.46. The van der Waals surface area contributed by atoms with Crippen molar-refractivity contribution in [1.29, 1.82) is 0 Å². The summed E-state index contributed by atoms with van der Waals surface area (Å²) in [5.41, 5.74) is 2.81. The van der Waals surface area contributed by atoms with Gasteiger partial charge >= 0.3 is 0 Å². The van der Waals surface area contributed by atoms with Gasteiger partial charge in [0.25, 0.3) is 11.7 Å². The Kier molecular flexibility index (Phi) is 5.88. The lowest BCUT2D eigenvalue weighted by Gasteiger charge is -2.26. The van der Waals surface area contributed by atoms with Gasteiger partial charge in [0, 0.05) is 19.3 Å². The van der Waals surface area contributed by atoms with E-state index >= 15 is 0 Å². The van der Waals surface area contributed by atoms with Gasteiger partial charge in [-0.3, -0.25) is 14.3 Å². The number of amides is 1. The number of ketones is 1. The fourth-order valence-corrected chi connectivity index (χ4v) is 3.90. The van der Waals surface area contributed by atoms with Crippen LogP contribution in [0.3, 0.4) is 0 Å². The number of aliphatic hydroxyl groups excluding tert-OH is 1. The molecule has 2 heterocycles. The first-order valence-electron chi connectivity index (χ1n) is 9.72. The summed E-state index contributed by atoms with van der Waals surface area (Å²) in [6, 6.07) is 8.78. The van der Waals surface area contributed by atoms with E-state index in [-0.39, 0.29) is 11.3 Å². The number of nitrogens with zero attached hydrogens (tertiary/aromatic N) is 4. The number of benzene rings is 1. The summed E-state index contributed by atoms with van der Waals surface area (Å²) in [6.45, 7) is 4.85. The van der Waals surface area contributed by atoms with Crippen molar-refractivity contribution < 1.29 is 14.7 Å². The summed E-state index contributed by atoms with van der Waals surface area (Å²) >= 11 is 0. The number of likely N-dealkylation sites (tertiary alicyclic amines) is 1. The Morgan fingerprint density at radius 2 is 1.83 bits per heavy atom. The SMILES string of the molecule is Cc1nn(C)c(C)c1/C(O)=C1\C(=O)C(=O)N(CCCN(C)C)[C@@H]1c1ccccc1. The van der Waals surface area contributed by atoms with Crippen LogP contribution in [0.15, 0.2) is 35.9 Å². The van der Waals surface area contributed by atoms with Crippen molar-refractivity contribution in [2.45, 2.75) is 26.3 Å². The molecule has 1 atom stereocenters. The lowest BCUT2D eigenvalue weighted by atomic mass is 9.94. The van der Waals surface area contributed by atoms with Crippen molar-refractivity contribution in [2.75, 3.05) is 27.2 Å². The van der Waals surface area contributed by atoms with Crippen LogP contribution in [0.2, 0.25) is 0 Å². The van der Waals surface area contributed by atoms with Gasteiger partial charge in [0.2, 0.25) is 0 Å². The zero-order chi connectivity index (χ0) is 21.3. The second-order valence-electron chi connectivity index (χ2n) is 7.73. The zero-order valence-electron chi connectivity index (χ0n) is 17.6. The zero-order valence-corrected chi connectivity index (χ0v) is 17.6. The van der Waals surface area contributed by atoms with E-state index in [9.17, 15) is 14.7 Å². The van der Waals surface area contributed by atoms with Gasteiger partial charge in [0.05, 0.1) is 22.9 Å². The minimum absolute atomic E-state index is 0.130. The van der Waals surface area contributed by atoms with Crippen molar-refractivity contribution in [3.05, 3.63) is 58.4 Å². The normalized spacial score (nSPS) is 18.8. The summed E-state index contributed by atoms with van der Waals surface area (Å²) in [4.78, 5) is 29.5. The molecule has 1 fully saturated rings. The molecule has 2 aromatic rings. The topological polar surface area (TPSA) is 78.7 Å². The third-order valence-electron chi connectivity index (χ3n) is 5.41. The standard InChI is InChI=1S/C22H28N4O3/c1-14-17(15(2)25(5)23-14)20(27)18-19(16-10-7-6-8-11-16)26(22(29)21(18)28)13-9-12-24(3)4/h6-8,10-11,19,27H,9,12-13H2,1-5H3/b20-18+/t19-/m1/s1. The van der Waals surface area contributed by atoms with Gasteiger partial charge in [-0.15, -0.1) is 0 Å². The molecule has 0 radical (unpaired) electrons. The fraction of sp³-hybridized carbons (Fsp3) is 0.409. The van der Waals surface area contributed by atoms with Gasteiger partial charge < -0.3 is 14.9 Å². The number of aromatic nitrogens is 2. The Morgan fingerprint density at radius 3 is 2.38 bits per heavy atom. The molecule has 1 aliphatic rings. The van der Waals surface area contributed by atoms with Crippen LogP contribution in [0.5, 0.6) is 0 Å². The third-order valence-corrected chi connectivity index (χ3v) is 5.41. The van der Waals surface area contributed by atoms with Gasteiger partial charge in [-0.2, -0.15) is 5.10 Å². The number of carbonyl (C=O) groups excluding carboxylic acids is 2. The van der Waals surface area contributed by atoms with Crippen LogP contribution in [0.4, 0.5) is 0 Å². The molecule has 3 rings (SSSR count). The van der Waals surface area contributed by atoms with Crippen molar-refractivity contribution in [2.24, 2.45) is 7.05 Å². The maximum atomic E-state index is 13.0. The van der Waals surface area contributed by atoms with E-state index in [4.69, 9.17) is 0 Å². The molecule has 7 heteroatoms. The molecule has 0 spiro atoms. The molecule has 1 N–H and O–H groups in total. The molecule has 1 saturated heterocycles. The minimum atomic E-state index is -0.649. The first-order valence-corrected chi connectivity index (χ1v) is 9.72. The van der Waals surface area contributed by atoms with Crippen molar-refractivity contribution in [3.63, 3.8) is 0 Å². The summed E-state index contributed by atoms with van der Waals surface area (Å²) in [7, 11) is 5.72. The van der Waals surface area contributed by atoms with Gasteiger partial charge in [-0.25, -0.2) is 0 Å². The lowest BCUT2D eigenvalue weighted by molar-refractivity contribution is -0.139. The van der Waals surface area contributed by atoms with Crippen molar-refractivity contribution in [3.8, 4) is 0 Å². The molecule has 1 aromatic carbocycles. The Morgan fingerprint density at radius 1 is 1.17 bits per heavy atom. The number of aliphatic hydroxyl groups is 1. The molecule has 7 nitrogen and oxygen atoms in total. The van der Waals surface area contributed by atoms with Gasteiger partial charge in [-0.05, 0) is 46.5 Å². The highest BCUT2D eigenvalue weighted by atomic mass is 16.3. The molecule has 0 saturated carbocycles. The minimum Gasteiger partial charge on any atom is -0.507 e. The first kappa shape index (κ1) is 20.8. The molecule has 154 valence electrons. The quantitative estimate of drug-likeness (QED) is 0.461. The molecular formula is C22H28N4O3. The largest absolute Gasteiger partial charge is 0.507 e. The van der Waals surface area contributed by atoms with Gasteiger partial charge in [0.15, 0.2) is 0 Å². The second-order valence-corrected chi connectivity index (χ2v) is 7.73. The molecule has 0 unspecified atom stereocenters. The molecule has 0 bridgehead atoms. The van der Waals surface area contributed by atoms with E-state index in [1.54, 1.807) is 23.6 Å². The van der Waals surface area contributed by atoms with E-state index in [1.165, 1.54) is 0 Å². The molecular weight excluding hydrogens is 368 g/mol. The number of rotatable bonds is 6. The fourth-order valence-electron chi connectivity index (χ4n) is 3.90. The highest BCUT2D eigenvalue weighted by molar-refractivity contribution is 6.46. The average molecular weight is 396 g/mol. The lowest BCUT2D eigenvalue weighted by Crippen LogP contribution is -2.32. The van der Waals surface area contributed by atoms with Crippen LogP contribution in [-0.2, 0) is 16.6 Å². The second kappa shape index (κ2) is 8.21. The molecule has 1 amide bonds. The van der Waals surface area contributed by atoms with E-state index in [0.29, 0.717) is 17.8 Å². The summed E-state index contributed by atoms with van der Waals surface area (Å²) in [5, 5.41) is 15.5. The number of aryl methyl sites for hydroxylation is 2.